The number of sulfonamides is 1. The molecule has 4 aliphatic carbocycles. The van der Waals surface area contributed by atoms with Crippen molar-refractivity contribution >= 4 is 38.7 Å². The molecule has 12 heteroatoms. The summed E-state index contributed by atoms with van der Waals surface area (Å²) in [4.78, 5) is 24.5. The lowest BCUT2D eigenvalue weighted by molar-refractivity contribution is -0.135. The van der Waals surface area contributed by atoms with Crippen LogP contribution in [-0.4, -0.2) is 48.5 Å². The SMILES string of the molecule is CC[C@@H](Nc1c(Nc2ccc(Cl)c(S(=O)(=O)NC3C4CC5CC3CC(O)(C5)C4)c2O)c(=O)c1=O)[C@H]1CC[C@@H](C)O1. The van der Waals surface area contributed by atoms with E-state index in [9.17, 15) is 28.2 Å². The van der Waals surface area contributed by atoms with Crippen LogP contribution in [0, 0.1) is 17.8 Å². The van der Waals surface area contributed by atoms with Crippen molar-refractivity contribution < 1.29 is 23.4 Å². The van der Waals surface area contributed by atoms with Gasteiger partial charge in [0.05, 0.1) is 34.6 Å². The molecule has 2 aromatic carbocycles. The summed E-state index contributed by atoms with van der Waals surface area (Å²) in [6.07, 6.45) is 6.03. The summed E-state index contributed by atoms with van der Waals surface area (Å²) in [6, 6.07) is 2.16. The first-order valence-corrected chi connectivity index (χ1v) is 16.0. The van der Waals surface area contributed by atoms with E-state index in [1.165, 1.54) is 12.1 Å². The van der Waals surface area contributed by atoms with Gasteiger partial charge < -0.3 is 25.6 Å². The quantitative estimate of drug-likeness (QED) is 0.217. The zero-order valence-corrected chi connectivity index (χ0v) is 24.1. The normalized spacial score (nSPS) is 33.9. The lowest BCUT2D eigenvalue weighted by Gasteiger charge is -2.57. The van der Waals surface area contributed by atoms with Gasteiger partial charge in [0.1, 0.15) is 16.3 Å². The van der Waals surface area contributed by atoms with Gasteiger partial charge in [-0.2, -0.15) is 0 Å². The topological polar surface area (TPSA) is 154 Å². The molecule has 0 radical (unpaired) electrons. The monoisotopic (exact) mass is 593 g/mol. The molecule has 0 aromatic heterocycles. The van der Waals surface area contributed by atoms with Crippen LogP contribution >= 0.6 is 11.6 Å². The summed E-state index contributed by atoms with van der Waals surface area (Å²) in [6.45, 7) is 3.95. The lowest BCUT2D eigenvalue weighted by Crippen LogP contribution is -2.61. The Labute approximate surface area is 238 Å². The Hall–Kier alpha value is -2.18. The van der Waals surface area contributed by atoms with Gasteiger partial charge in [-0.1, -0.05) is 18.5 Å². The number of ether oxygens (including phenoxy) is 1. The van der Waals surface area contributed by atoms with Gasteiger partial charge >= 0.3 is 0 Å². The van der Waals surface area contributed by atoms with E-state index in [-0.39, 0.29) is 58.2 Å². The molecule has 0 spiro atoms. The largest absolute Gasteiger partial charge is 0.504 e. The molecule has 2 aromatic rings. The molecule has 7 rings (SSSR count). The van der Waals surface area contributed by atoms with E-state index in [4.69, 9.17) is 16.3 Å². The summed E-state index contributed by atoms with van der Waals surface area (Å²) < 4.78 is 35.9. The number of rotatable bonds is 9. The highest BCUT2D eigenvalue weighted by Gasteiger charge is 2.55. The number of anilines is 3. The van der Waals surface area contributed by atoms with Crippen LogP contribution in [-0.2, 0) is 14.8 Å². The summed E-state index contributed by atoms with van der Waals surface area (Å²) in [7, 11) is -4.26. The van der Waals surface area contributed by atoms with Gasteiger partial charge in [-0.15, -0.1) is 0 Å². The average molecular weight is 594 g/mol. The number of nitrogens with one attached hydrogen (secondary N) is 3. The van der Waals surface area contributed by atoms with Crippen molar-refractivity contribution in [3.05, 3.63) is 37.6 Å². The van der Waals surface area contributed by atoms with Crippen molar-refractivity contribution in [1.82, 2.24) is 4.72 Å². The van der Waals surface area contributed by atoms with Crippen LogP contribution in [0.15, 0.2) is 26.6 Å². The molecule has 1 aliphatic heterocycles. The van der Waals surface area contributed by atoms with E-state index in [0.717, 1.165) is 32.1 Å². The molecule has 4 saturated carbocycles. The molecular weight excluding hydrogens is 558 g/mol. The Morgan fingerprint density at radius 1 is 1.10 bits per heavy atom. The molecule has 2 unspecified atom stereocenters. The second kappa shape index (κ2) is 9.97. The molecule has 5 atom stereocenters. The number of hydrogen-bond acceptors (Lipinski definition) is 9. The van der Waals surface area contributed by atoms with Gasteiger partial charge in [-0.3, -0.25) is 9.59 Å². The van der Waals surface area contributed by atoms with Crippen molar-refractivity contribution in [3.63, 3.8) is 0 Å². The van der Waals surface area contributed by atoms with Crippen LogP contribution in [0.2, 0.25) is 5.02 Å². The molecule has 5 fully saturated rings. The maximum absolute atomic E-state index is 13.6. The van der Waals surface area contributed by atoms with E-state index in [1.807, 2.05) is 13.8 Å². The fourth-order valence-corrected chi connectivity index (χ4v) is 9.88. The second-order valence-electron chi connectivity index (χ2n) is 12.4. The van der Waals surface area contributed by atoms with Crippen LogP contribution in [0.3, 0.4) is 0 Å². The minimum absolute atomic E-state index is 0.0176. The maximum atomic E-state index is 13.6. The van der Waals surface area contributed by atoms with Crippen molar-refractivity contribution in [2.24, 2.45) is 17.8 Å². The zero-order valence-electron chi connectivity index (χ0n) is 22.6. The Kier molecular flexibility index (Phi) is 6.97. The van der Waals surface area contributed by atoms with E-state index >= 15 is 0 Å². The van der Waals surface area contributed by atoms with Crippen molar-refractivity contribution in [2.45, 2.75) is 100 Å². The Morgan fingerprint density at radius 2 is 1.77 bits per heavy atom. The van der Waals surface area contributed by atoms with Gasteiger partial charge in [0, 0.05) is 6.04 Å². The lowest BCUT2D eigenvalue weighted by atomic mass is 9.52. The molecule has 40 heavy (non-hydrogen) atoms. The van der Waals surface area contributed by atoms with Crippen LogP contribution < -0.4 is 26.2 Å². The van der Waals surface area contributed by atoms with Crippen molar-refractivity contribution in [2.75, 3.05) is 10.6 Å². The highest BCUT2D eigenvalue weighted by atomic mass is 35.5. The predicted molar refractivity (Wildman–Crippen MR) is 152 cm³/mol. The summed E-state index contributed by atoms with van der Waals surface area (Å²) in [5.74, 6) is -0.197. The molecule has 218 valence electrons. The Morgan fingerprint density at radius 3 is 2.38 bits per heavy atom. The third kappa shape index (κ3) is 4.73. The number of aromatic hydroxyl groups is 1. The first kappa shape index (κ1) is 28.0. The van der Waals surface area contributed by atoms with Gasteiger partial charge in [0.25, 0.3) is 10.9 Å². The van der Waals surface area contributed by atoms with Crippen LogP contribution in [0.4, 0.5) is 17.1 Å². The standard InChI is InChI=1S/C28H36ClN3O7S/c1-3-18(20-7-4-13(2)39-20)30-22-23(26(35)25(22)34)31-19-6-5-17(29)27(24(19)33)40(37,38)32-21-15-8-14-9-16(21)12-28(36,10-14)11-15/h5-6,13-16,18,20-21,30-33,36H,3-4,7-12H2,1-2H3/t13-,14?,15?,16?,18-,20-,21?,28?/m1/s1. The Bertz CT molecular complexity index is 1490. The molecule has 1 heterocycles. The molecule has 4 bridgehead atoms. The summed E-state index contributed by atoms with van der Waals surface area (Å²) in [5, 5.41) is 27.7. The van der Waals surface area contributed by atoms with Gasteiger partial charge in [-0.05, 0) is 88.2 Å². The number of benzene rings is 1. The van der Waals surface area contributed by atoms with E-state index in [2.05, 4.69) is 15.4 Å². The molecule has 1 saturated heterocycles. The van der Waals surface area contributed by atoms with Crippen LogP contribution in [0.5, 0.6) is 5.75 Å². The highest BCUT2D eigenvalue weighted by Crippen LogP contribution is 2.56. The molecule has 10 nitrogen and oxygen atoms in total. The minimum Gasteiger partial charge on any atom is -0.504 e. The van der Waals surface area contributed by atoms with Gasteiger partial charge in [0.15, 0.2) is 5.75 Å². The number of aliphatic hydroxyl groups is 1. The average Bonchev–Trinajstić information content (AvgIpc) is 3.31. The van der Waals surface area contributed by atoms with Crippen LogP contribution in [0.1, 0.15) is 65.2 Å². The molecule has 0 amide bonds. The smallest absolute Gasteiger partial charge is 0.253 e. The van der Waals surface area contributed by atoms with Gasteiger partial charge in [-0.25, -0.2) is 13.1 Å². The highest BCUT2D eigenvalue weighted by molar-refractivity contribution is 7.89. The summed E-state index contributed by atoms with van der Waals surface area (Å²) >= 11 is 6.31. The van der Waals surface area contributed by atoms with E-state index < -0.39 is 37.1 Å². The fraction of sp³-hybridized carbons (Fsp3) is 0.643. The minimum atomic E-state index is -4.26. The fourth-order valence-electron chi connectivity index (χ4n) is 7.87. The molecular formula is C28H36ClN3O7S. The van der Waals surface area contributed by atoms with E-state index in [0.29, 0.717) is 25.2 Å². The number of hydrogen-bond donors (Lipinski definition) is 5. The predicted octanol–water partition coefficient (Wildman–Crippen LogP) is 3.36. The first-order valence-electron chi connectivity index (χ1n) is 14.2. The number of phenolic OH excluding ortho intramolecular Hbond substituents is 1. The van der Waals surface area contributed by atoms with E-state index in [1.54, 1.807) is 0 Å². The second-order valence-corrected chi connectivity index (χ2v) is 14.4. The maximum Gasteiger partial charge on any atom is 0.253 e. The Balaban J connectivity index is 1.24. The first-order chi connectivity index (χ1) is 18.9. The molecule has 5 aliphatic rings. The van der Waals surface area contributed by atoms with Crippen molar-refractivity contribution in [3.8, 4) is 5.75 Å². The van der Waals surface area contributed by atoms with Crippen LogP contribution in [0.25, 0.3) is 0 Å². The summed E-state index contributed by atoms with van der Waals surface area (Å²) in [5.41, 5.74) is -2.17. The number of phenols is 1. The third-order valence-electron chi connectivity index (χ3n) is 9.54. The number of halogens is 1. The van der Waals surface area contributed by atoms with Crippen molar-refractivity contribution in [1.29, 1.82) is 0 Å². The van der Waals surface area contributed by atoms with Gasteiger partial charge in [0.2, 0.25) is 10.0 Å². The zero-order chi connectivity index (χ0) is 28.6. The molecule has 5 N–H and O–H groups in total. The third-order valence-corrected chi connectivity index (χ3v) is 11.5.